The summed E-state index contributed by atoms with van der Waals surface area (Å²) in [5.74, 6) is 3.39. The lowest BCUT2D eigenvalue weighted by Crippen LogP contribution is -2.13. The molecule has 0 spiro atoms. The fraction of sp³-hybridized carbons (Fsp3) is 0.219. The number of hydrogen-bond donors (Lipinski definition) is 1. The van der Waals surface area contributed by atoms with E-state index in [1.54, 1.807) is 74.3 Å². The minimum Gasteiger partial charge on any atom is -0.493 e. The van der Waals surface area contributed by atoms with Gasteiger partial charge in [0.2, 0.25) is 0 Å². The van der Waals surface area contributed by atoms with Crippen LogP contribution in [-0.4, -0.2) is 41.0 Å². The number of aromatic nitrogens is 3. The summed E-state index contributed by atoms with van der Waals surface area (Å²) in [6, 6.07) is 17.7. The number of para-hydroxylation sites is 1. The van der Waals surface area contributed by atoms with Crippen LogP contribution in [0.15, 0.2) is 87.8 Å². The molecule has 3 heterocycles. The zero-order valence-corrected chi connectivity index (χ0v) is 26.2. The van der Waals surface area contributed by atoms with Crippen molar-refractivity contribution in [3.63, 3.8) is 0 Å². The third kappa shape index (κ3) is 7.61. The number of nitrogens with zero attached hydrogens (tertiary/aromatic N) is 3. The van der Waals surface area contributed by atoms with Crippen LogP contribution in [0, 0.1) is 6.92 Å². The monoisotopic (exact) mass is 632 g/mol. The van der Waals surface area contributed by atoms with Crippen molar-refractivity contribution < 1.29 is 36.7 Å². The Morgan fingerprint density at radius 3 is 2.51 bits per heavy atom. The summed E-state index contributed by atoms with van der Waals surface area (Å²) < 4.78 is 48.0. The van der Waals surface area contributed by atoms with Gasteiger partial charge in [-0.1, -0.05) is 18.2 Å². The van der Waals surface area contributed by atoms with Crippen LogP contribution in [0.4, 0.5) is 5.82 Å². The predicted molar refractivity (Wildman–Crippen MR) is 168 cm³/mol. The Bertz CT molecular complexity index is 1800. The normalized spacial score (nSPS) is 11.6. The van der Waals surface area contributed by atoms with Gasteiger partial charge in [0.25, 0.3) is 11.8 Å². The van der Waals surface area contributed by atoms with Crippen molar-refractivity contribution in [2.75, 3.05) is 25.6 Å². The van der Waals surface area contributed by atoms with Crippen LogP contribution in [0.3, 0.4) is 0 Å². The van der Waals surface area contributed by atoms with Crippen LogP contribution in [0.5, 0.6) is 11.5 Å². The number of benzene rings is 2. The maximum atomic E-state index is 13.4. The maximum Gasteiger partial charge on any atom is 0.354 e. The number of ether oxygens (including phenoxy) is 2. The van der Waals surface area contributed by atoms with Gasteiger partial charge in [-0.05, 0) is 69.3 Å². The number of amides is 1. The summed E-state index contributed by atoms with van der Waals surface area (Å²) in [6.07, 6.45) is 4.82. The highest BCUT2D eigenvalue weighted by atomic mass is 31.2. The molecule has 12 nitrogen and oxygen atoms in total. The van der Waals surface area contributed by atoms with Gasteiger partial charge in [-0.2, -0.15) is 0 Å². The van der Waals surface area contributed by atoms with Crippen LogP contribution >= 0.6 is 7.60 Å². The number of methoxy groups -OCH3 is 1. The molecule has 1 amide bonds. The number of hydrogen-bond acceptors (Lipinski definition) is 10. The molecular formula is C32H33N4O8P. The summed E-state index contributed by atoms with van der Waals surface area (Å²) in [6.45, 7) is 5.78. The highest BCUT2D eigenvalue weighted by molar-refractivity contribution is 7.57. The number of rotatable bonds is 14. The van der Waals surface area contributed by atoms with Crippen molar-refractivity contribution in [1.82, 2.24) is 14.8 Å². The van der Waals surface area contributed by atoms with E-state index in [0.717, 1.165) is 5.69 Å². The Kier molecular flexibility index (Phi) is 9.99. The van der Waals surface area contributed by atoms with Crippen LogP contribution in [0.25, 0.3) is 23.4 Å². The van der Waals surface area contributed by atoms with E-state index >= 15 is 0 Å². The Morgan fingerprint density at radius 2 is 1.82 bits per heavy atom. The van der Waals surface area contributed by atoms with Crippen LogP contribution < -0.4 is 14.8 Å². The topological polar surface area (TPSA) is 140 Å². The van der Waals surface area contributed by atoms with Gasteiger partial charge < -0.3 is 32.7 Å². The molecule has 0 bridgehead atoms. The predicted octanol–water partition coefficient (Wildman–Crippen LogP) is 7.51. The number of aryl methyl sites for hydroxylation is 1. The SMILES string of the molecule is CCOP(=O)(C=Cc1cn(-c2ccccc2)nc1NC(=O)c1ccc(OCc2nc(-c3ccco3)oc2C)c(OC)c1)OCC. The smallest absolute Gasteiger partial charge is 0.354 e. The fourth-order valence-electron chi connectivity index (χ4n) is 4.30. The van der Waals surface area contributed by atoms with Crippen LogP contribution in [-0.2, 0) is 20.2 Å². The third-order valence-electron chi connectivity index (χ3n) is 6.46. The Balaban J connectivity index is 1.36. The first-order valence-electron chi connectivity index (χ1n) is 14.2. The maximum absolute atomic E-state index is 13.4. The van der Waals surface area contributed by atoms with Crippen molar-refractivity contribution in [2.24, 2.45) is 0 Å². The van der Waals surface area contributed by atoms with Gasteiger partial charge in [0.1, 0.15) is 18.1 Å². The number of carbonyl (C=O) groups is 1. The van der Waals surface area contributed by atoms with E-state index < -0.39 is 13.5 Å². The molecule has 3 aromatic heterocycles. The Morgan fingerprint density at radius 1 is 1.04 bits per heavy atom. The second kappa shape index (κ2) is 14.3. The first kappa shape index (κ1) is 31.5. The van der Waals surface area contributed by atoms with E-state index in [-0.39, 0.29) is 25.6 Å². The van der Waals surface area contributed by atoms with Gasteiger partial charge in [0, 0.05) is 23.1 Å². The molecule has 0 atom stereocenters. The number of furan rings is 1. The lowest BCUT2D eigenvalue weighted by molar-refractivity contribution is 0.102. The molecule has 13 heteroatoms. The van der Waals surface area contributed by atoms with Crippen molar-refractivity contribution in [3.8, 4) is 28.8 Å². The van der Waals surface area contributed by atoms with Gasteiger partial charge >= 0.3 is 7.60 Å². The van der Waals surface area contributed by atoms with E-state index in [0.29, 0.717) is 45.7 Å². The lowest BCUT2D eigenvalue weighted by Gasteiger charge is -2.12. The molecule has 1 N–H and O–H groups in total. The zero-order valence-electron chi connectivity index (χ0n) is 25.3. The van der Waals surface area contributed by atoms with Crippen molar-refractivity contribution in [2.45, 2.75) is 27.4 Å². The largest absolute Gasteiger partial charge is 0.493 e. The summed E-state index contributed by atoms with van der Waals surface area (Å²) in [4.78, 5) is 17.9. The lowest BCUT2D eigenvalue weighted by atomic mass is 10.2. The van der Waals surface area contributed by atoms with Gasteiger partial charge in [-0.25, -0.2) is 9.67 Å². The van der Waals surface area contributed by atoms with E-state index in [2.05, 4.69) is 15.4 Å². The molecule has 2 aromatic carbocycles. The van der Waals surface area contributed by atoms with Crippen LogP contribution in [0.2, 0.25) is 0 Å². The first-order chi connectivity index (χ1) is 21.8. The summed E-state index contributed by atoms with van der Waals surface area (Å²) >= 11 is 0. The molecule has 234 valence electrons. The molecule has 0 aliphatic carbocycles. The minimum absolute atomic E-state index is 0.109. The number of oxazole rings is 1. The first-order valence-corrected chi connectivity index (χ1v) is 15.8. The van der Waals surface area contributed by atoms with Gasteiger partial charge in [0.05, 0.1) is 32.3 Å². The molecule has 45 heavy (non-hydrogen) atoms. The van der Waals surface area contributed by atoms with Gasteiger partial charge in [-0.3, -0.25) is 9.36 Å². The highest BCUT2D eigenvalue weighted by Gasteiger charge is 2.21. The highest BCUT2D eigenvalue weighted by Crippen LogP contribution is 2.50. The van der Waals surface area contributed by atoms with E-state index in [1.165, 1.54) is 12.9 Å². The average molecular weight is 633 g/mol. The Hall–Kier alpha value is -4.90. The second-order valence-electron chi connectivity index (χ2n) is 9.51. The summed E-state index contributed by atoms with van der Waals surface area (Å²) in [7, 11) is -2.01. The molecule has 5 aromatic rings. The molecule has 0 aliphatic heterocycles. The van der Waals surface area contributed by atoms with E-state index in [1.807, 2.05) is 30.3 Å². The van der Waals surface area contributed by atoms with Gasteiger partial charge in [0.15, 0.2) is 23.1 Å². The molecule has 5 rings (SSSR count). The van der Waals surface area contributed by atoms with E-state index in [9.17, 15) is 9.36 Å². The molecule has 0 unspecified atom stereocenters. The Labute approximate surface area is 260 Å². The molecule has 0 fully saturated rings. The van der Waals surface area contributed by atoms with Crippen LogP contribution in [0.1, 0.15) is 41.2 Å². The molecule has 0 saturated heterocycles. The second-order valence-corrected chi connectivity index (χ2v) is 11.4. The average Bonchev–Trinajstić information content (AvgIpc) is 3.80. The molecule has 0 aliphatic rings. The number of anilines is 1. The number of nitrogens with one attached hydrogen (secondary N) is 1. The molecular weight excluding hydrogens is 599 g/mol. The summed E-state index contributed by atoms with van der Waals surface area (Å²) in [5.41, 5.74) is 2.16. The molecule has 0 saturated carbocycles. The minimum atomic E-state index is -3.50. The standard InChI is InChI=1S/C32H33N4O8P/c1-5-42-45(38,43-6-2)18-16-24-20-36(25-11-8-7-9-12-25)35-30(24)34-31(37)23-14-15-27(29(19-23)39-4)41-21-26-22(3)44-32(33-26)28-13-10-17-40-28/h7-20H,5-6,21H2,1-4H3,(H,34,35,37). The quantitative estimate of drug-likeness (QED) is 0.122. The van der Waals surface area contributed by atoms with Crippen molar-refractivity contribution in [1.29, 1.82) is 0 Å². The summed E-state index contributed by atoms with van der Waals surface area (Å²) in [5, 5.41) is 7.42. The zero-order chi connectivity index (χ0) is 31.8. The van der Waals surface area contributed by atoms with Crippen molar-refractivity contribution >= 4 is 25.4 Å². The number of carbonyl (C=O) groups excluding carboxylic acids is 1. The van der Waals surface area contributed by atoms with E-state index in [4.69, 9.17) is 27.4 Å². The van der Waals surface area contributed by atoms with Crippen molar-refractivity contribution in [3.05, 3.63) is 102 Å². The van der Waals surface area contributed by atoms with Gasteiger partial charge in [-0.15, -0.1) is 5.10 Å². The molecule has 0 radical (unpaired) electrons. The third-order valence-corrected chi connectivity index (χ3v) is 8.22. The fourth-order valence-corrected chi connectivity index (χ4v) is 5.61.